The number of anilines is 1. The second-order valence-electron chi connectivity index (χ2n) is 7.26. The van der Waals surface area contributed by atoms with E-state index in [0.717, 1.165) is 16.9 Å². The summed E-state index contributed by atoms with van der Waals surface area (Å²) in [5.74, 6) is -0.892. The lowest BCUT2D eigenvalue weighted by Crippen LogP contribution is -2.16. The van der Waals surface area contributed by atoms with Crippen LogP contribution < -0.4 is 10.1 Å². The Balaban J connectivity index is 2.29. The standard InChI is InChI=1S/C23H27NO6S/c1-13(2)29-22(26)19-15(5)20(23(27)30-14(3)4)31-21(19)24-18(25)12-9-16-7-10-17(28-6)11-8-16/h7-14H,1-6H3,(H,24,25). The molecule has 7 nitrogen and oxygen atoms in total. The van der Waals surface area contributed by atoms with Crippen LogP contribution >= 0.6 is 11.3 Å². The summed E-state index contributed by atoms with van der Waals surface area (Å²) in [6.45, 7) is 8.56. The Bertz CT molecular complexity index is 973. The summed E-state index contributed by atoms with van der Waals surface area (Å²) < 4.78 is 15.7. The van der Waals surface area contributed by atoms with E-state index in [4.69, 9.17) is 14.2 Å². The van der Waals surface area contributed by atoms with Gasteiger partial charge >= 0.3 is 11.9 Å². The quantitative estimate of drug-likeness (QED) is 0.461. The van der Waals surface area contributed by atoms with Crippen LogP contribution in [0.15, 0.2) is 30.3 Å². The van der Waals surface area contributed by atoms with E-state index < -0.39 is 17.8 Å². The number of amides is 1. The number of rotatable bonds is 8. The molecule has 0 fully saturated rings. The normalized spacial score (nSPS) is 11.1. The number of esters is 2. The maximum atomic E-state index is 12.6. The fourth-order valence-corrected chi connectivity index (χ4v) is 3.70. The van der Waals surface area contributed by atoms with E-state index in [1.807, 2.05) is 12.1 Å². The topological polar surface area (TPSA) is 90.9 Å². The number of carbonyl (C=O) groups excluding carboxylic acids is 3. The molecule has 0 atom stereocenters. The van der Waals surface area contributed by atoms with E-state index in [9.17, 15) is 14.4 Å². The summed E-state index contributed by atoms with van der Waals surface area (Å²) >= 11 is 0.989. The smallest absolute Gasteiger partial charge is 0.348 e. The monoisotopic (exact) mass is 445 g/mol. The van der Waals surface area contributed by atoms with Gasteiger partial charge in [-0.15, -0.1) is 11.3 Å². The van der Waals surface area contributed by atoms with Crippen LogP contribution in [0.5, 0.6) is 5.75 Å². The number of hydrogen-bond donors (Lipinski definition) is 1. The third-order valence-electron chi connectivity index (χ3n) is 4.00. The molecule has 2 rings (SSSR count). The van der Waals surface area contributed by atoms with Gasteiger partial charge in [0, 0.05) is 6.08 Å². The maximum absolute atomic E-state index is 12.6. The van der Waals surface area contributed by atoms with Gasteiger partial charge < -0.3 is 19.5 Å². The van der Waals surface area contributed by atoms with Gasteiger partial charge in [-0.1, -0.05) is 12.1 Å². The highest BCUT2D eigenvalue weighted by Gasteiger charge is 2.28. The van der Waals surface area contributed by atoms with Gasteiger partial charge in [-0.3, -0.25) is 4.79 Å². The van der Waals surface area contributed by atoms with Crippen molar-refractivity contribution in [3.8, 4) is 5.75 Å². The molecule has 0 radical (unpaired) electrons. The van der Waals surface area contributed by atoms with Gasteiger partial charge in [0.1, 0.15) is 15.6 Å². The van der Waals surface area contributed by atoms with E-state index in [1.54, 1.807) is 59.9 Å². The Kier molecular flexibility index (Phi) is 8.38. The Morgan fingerprint density at radius 1 is 0.968 bits per heavy atom. The van der Waals surface area contributed by atoms with E-state index in [2.05, 4.69) is 5.32 Å². The lowest BCUT2D eigenvalue weighted by molar-refractivity contribution is -0.111. The third kappa shape index (κ3) is 6.68. The van der Waals surface area contributed by atoms with Crippen LogP contribution in [0, 0.1) is 6.92 Å². The summed E-state index contributed by atoms with van der Waals surface area (Å²) in [7, 11) is 1.58. The second kappa shape index (κ2) is 10.8. The van der Waals surface area contributed by atoms with Crippen molar-refractivity contribution in [2.24, 2.45) is 0 Å². The van der Waals surface area contributed by atoms with Crippen molar-refractivity contribution in [2.75, 3.05) is 12.4 Å². The Labute approximate surface area is 186 Å². The average Bonchev–Trinajstić information content (AvgIpc) is 3.01. The van der Waals surface area contributed by atoms with E-state index in [1.165, 1.54) is 6.08 Å². The Hall–Kier alpha value is -3.13. The van der Waals surface area contributed by atoms with Crippen LogP contribution in [-0.4, -0.2) is 37.2 Å². The molecule has 0 aliphatic rings. The van der Waals surface area contributed by atoms with Crippen LogP contribution in [0.4, 0.5) is 5.00 Å². The summed E-state index contributed by atoms with van der Waals surface area (Å²) in [6.07, 6.45) is 2.32. The lowest BCUT2D eigenvalue weighted by atomic mass is 10.1. The molecule has 0 aliphatic heterocycles. The number of carbonyl (C=O) groups is 3. The van der Waals surface area contributed by atoms with Crippen LogP contribution in [-0.2, 0) is 14.3 Å². The van der Waals surface area contributed by atoms with Crippen LogP contribution in [0.2, 0.25) is 0 Å². The molecule has 0 bridgehead atoms. The minimum atomic E-state index is -0.609. The molecule has 8 heteroatoms. The van der Waals surface area contributed by atoms with E-state index in [-0.39, 0.29) is 27.6 Å². The molecule has 31 heavy (non-hydrogen) atoms. The van der Waals surface area contributed by atoms with Crippen molar-refractivity contribution in [3.63, 3.8) is 0 Å². The number of methoxy groups -OCH3 is 1. The molecule has 1 N–H and O–H groups in total. The fraction of sp³-hybridized carbons (Fsp3) is 0.348. The minimum absolute atomic E-state index is 0.153. The summed E-state index contributed by atoms with van der Waals surface area (Å²) in [5.41, 5.74) is 1.37. The zero-order chi connectivity index (χ0) is 23.1. The average molecular weight is 446 g/mol. The maximum Gasteiger partial charge on any atom is 0.348 e. The number of benzene rings is 1. The van der Waals surface area contributed by atoms with Crippen LogP contribution in [0.1, 0.15) is 58.9 Å². The van der Waals surface area contributed by atoms with Crippen molar-refractivity contribution in [2.45, 2.75) is 46.8 Å². The predicted molar refractivity (Wildman–Crippen MR) is 121 cm³/mol. The molecule has 1 heterocycles. The molecule has 1 aromatic heterocycles. The van der Waals surface area contributed by atoms with Gasteiger partial charge in [0.2, 0.25) is 5.91 Å². The number of hydrogen-bond acceptors (Lipinski definition) is 7. The lowest BCUT2D eigenvalue weighted by Gasteiger charge is -2.10. The molecular weight excluding hydrogens is 418 g/mol. The molecule has 166 valence electrons. The fourth-order valence-electron chi connectivity index (χ4n) is 2.62. The van der Waals surface area contributed by atoms with E-state index >= 15 is 0 Å². The highest BCUT2D eigenvalue weighted by atomic mass is 32.1. The van der Waals surface area contributed by atoms with Gasteiger partial charge in [0.05, 0.1) is 24.9 Å². The summed E-state index contributed by atoms with van der Waals surface area (Å²) in [5, 5.41) is 2.93. The molecule has 0 aliphatic carbocycles. The molecule has 1 aromatic carbocycles. The van der Waals surface area contributed by atoms with E-state index in [0.29, 0.717) is 11.3 Å². The zero-order valence-electron chi connectivity index (χ0n) is 18.5. The summed E-state index contributed by atoms with van der Waals surface area (Å²) in [6, 6.07) is 7.19. The van der Waals surface area contributed by atoms with Crippen molar-refractivity contribution in [1.29, 1.82) is 0 Å². The molecule has 0 spiro atoms. The Morgan fingerprint density at radius 3 is 2.10 bits per heavy atom. The SMILES string of the molecule is COc1ccc(C=CC(=O)Nc2sc(C(=O)OC(C)C)c(C)c2C(=O)OC(C)C)cc1. The Morgan fingerprint density at radius 2 is 1.55 bits per heavy atom. The molecule has 0 unspecified atom stereocenters. The van der Waals surface area contributed by atoms with Gasteiger partial charge in [-0.2, -0.15) is 0 Å². The highest BCUT2D eigenvalue weighted by Crippen LogP contribution is 2.34. The third-order valence-corrected chi connectivity index (χ3v) is 5.19. The number of nitrogens with one attached hydrogen (secondary N) is 1. The first-order valence-electron chi connectivity index (χ1n) is 9.80. The molecule has 2 aromatic rings. The second-order valence-corrected chi connectivity index (χ2v) is 8.28. The van der Waals surface area contributed by atoms with Crippen LogP contribution in [0.25, 0.3) is 6.08 Å². The predicted octanol–water partition coefficient (Wildman–Crippen LogP) is 4.85. The van der Waals surface area contributed by atoms with Gasteiger partial charge in [0.25, 0.3) is 0 Å². The molecular formula is C23H27NO6S. The number of thiophene rings is 1. The molecule has 0 saturated carbocycles. The highest BCUT2D eigenvalue weighted by molar-refractivity contribution is 7.18. The first-order chi connectivity index (χ1) is 14.6. The van der Waals surface area contributed by atoms with Crippen molar-refractivity contribution < 1.29 is 28.6 Å². The first kappa shape index (κ1) is 24.1. The van der Waals surface area contributed by atoms with Crippen molar-refractivity contribution in [3.05, 3.63) is 51.9 Å². The minimum Gasteiger partial charge on any atom is -0.497 e. The number of ether oxygens (including phenoxy) is 3. The summed E-state index contributed by atoms with van der Waals surface area (Å²) in [4.78, 5) is 37.8. The van der Waals surface area contributed by atoms with Crippen molar-refractivity contribution >= 4 is 40.3 Å². The largest absolute Gasteiger partial charge is 0.497 e. The first-order valence-corrected chi connectivity index (χ1v) is 10.6. The molecule has 1 amide bonds. The zero-order valence-corrected chi connectivity index (χ0v) is 19.3. The molecule has 0 saturated heterocycles. The van der Waals surface area contributed by atoms with Gasteiger partial charge in [-0.25, -0.2) is 9.59 Å². The van der Waals surface area contributed by atoms with Gasteiger partial charge in [-0.05, 0) is 64.0 Å². The van der Waals surface area contributed by atoms with Gasteiger partial charge in [0.15, 0.2) is 0 Å². The van der Waals surface area contributed by atoms with Crippen LogP contribution in [0.3, 0.4) is 0 Å². The van der Waals surface area contributed by atoms with Crippen molar-refractivity contribution in [1.82, 2.24) is 0 Å².